The molecule has 0 aliphatic carbocycles. The first-order chi connectivity index (χ1) is 9.52. The molecule has 1 saturated heterocycles. The molecule has 0 bridgehead atoms. The van der Waals surface area contributed by atoms with E-state index in [1.54, 1.807) is 7.11 Å². The first kappa shape index (κ1) is 24.1. The number of hydrogen-bond acceptors (Lipinski definition) is 5. The Balaban J connectivity index is 0. The first-order valence-electron chi connectivity index (χ1n) is 7.41. The first-order valence-corrected chi connectivity index (χ1v) is 7.41. The average Bonchev–Trinajstić information content (AvgIpc) is 2.40. The third kappa shape index (κ3) is 9.82. The third-order valence-electron chi connectivity index (χ3n) is 3.48. The minimum absolute atomic E-state index is 0. The number of nitrogens with one attached hydrogen (secondary N) is 1. The van der Waals surface area contributed by atoms with Gasteiger partial charge < -0.3 is 25.4 Å². The van der Waals surface area contributed by atoms with Gasteiger partial charge in [0, 0.05) is 32.8 Å². The molecule has 0 spiro atoms. The van der Waals surface area contributed by atoms with Gasteiger partial charge in [-0.2, -0.15) is 0 Å². The normalized spacial score (nSPS) is 17.5. The zero-order valence-electron chi connectivity index (χ0n) is 13.7. The van der Waals surface area contributed by atoms with Crippen LogP contribution in [-0.2, 0) is 14.3 Å². The summed E-state index contributed by atoms with van der Waals surface area (Å²) in [4.78, 5) is 14.2. The molecule has 0 aromatic heterocycles. The predicted octanol–water partition coefficient (Wildman–Crippen LogP) is 0.809. The molecule has 8 heteroatoms. The molecule has 1 heterocycles. The molecule has 22 heavy (non-hydrogen) atoms. The highest BCUT2D eigenvalue weighted by atomic mass is 35.5. The maximum Gasteiger partial charge on any atom is 0.239 e. The number of piperidine rings is 1. The third-order valence-corrected chi connectivity index (χ3v) is 3.48. The van der Waals surface area contributed by atoms with Crippen LogP contribution in [0.1, 0.15) is 26.7 Å². The molecule has 6 nitrogen and oxygen atoms in total. The summed E-state index contributed by atoms with van der Waals surface area (Å²) >= 11 is 0. The van der Waals surface area contributed by atoms with Crippen LogP contribution in [-0.4, -0.2) is 69.0 Å². The number of rotatable bonds is 8. The molecule has 3 N–H and O–H groups in total. The van der Waals surface area contributed by atoms with Gasteiger partial charge in [0.1, 0.15) is 6.04 Å². The second-order valence-electron chi connectivity index (χ2n) is 5.61. The van der Waals surface area contributed by atoms with E-state index < -0.39 is 6.04 Å². The van der Waals surface area contributed by atoms with E-state index in [2.05, 4.69) is 10.2 Å². The fourth-order valence-electron chi connectivity index (χ4n) is 2.28. The summed E-state index contributed by atoms with van der Waals surface area (Å²) < 4.78 is 10.4. The van der Waals surface area contributed by atoms with Gasteiger partial charge in [-0.3, -0.25) is 4.79 Å². The van der Waals surface area contributed by atoms with E-state index in [9.17, 15) is 4.79 Å². The number of methoxy groups -OCH3 is 1. The van der Waals surface area contributed by atoms with Crippen LogP contribution in [0.5, 0.6) is 0 Å². The summed E-state index contributed by atoms with van der Waals surface area (Å²) in [5.74, 6) is -0.117. The van der Waals surface area contributed by atoms with E-state index in [4.69, 9.17) is 15.2 Å². The number of amides is 1. The molecule has 1 rings (SSSR count). The summed E-state index contributed by atoms with van der Waals surface area (Å²) in [7, 11) is 1.55. The lowest BCUT2D eigenvalue weighted by Gasteiger charge is -2.32. The van der Waals surface area contributed by atoms with Gasteiger partial charge in [0.2, 0.25) is 5.91 Å². The molecule has 0 radical (unpaired) electrons. The lowest BCUT2D eigenvalue weighted by Crippen LogP contribution is -2.51. The Morgan fingerprint density at radius 1 is 1.32 bits per heavy atom. The van der Waals surface area contributed by atoms with Crippen LogP contribution in [0.15, 0.2) is 0 Å². The zero-order chi connectivity index (χ0) is 15.0. The maximum atomic E-state index is 11.8. The number of likely N-dealkylation sites (tertiary alicyclic amines) is 1. The molecule has 1 unspecified atom stereocenters. The van der Waals surface area contributed by atoms with Crippen LogP contribution < -0.4 is 11.1 Å². The Kier molecular flexibility index (Phi) is 14.6. The smallest absolute Gasteiger partial charge is 0.239 e. The van der Waals surface area contributed by atoms with Crippen molar-refractivity contribution in [2.24, 2.45) is 5.73 Å². The Labute approximate surface area is 146 Å². The number of carbonyl (C=O) groups is 1. The summed E-state index contributed by atoms with van der Waals surface area (Å²) in [5.41, 5.74) is 5.70. The van der Waals surface area contributed by atoms with Gasteiger partial charge in [-0.25, -0.2) is 0 Å². The van der Waals surface area contributed by atoms with Crippen molar-refractivity contribution in [2.75, 3.05) is 40.0 Å². The molecule has 0 saturated carbocycles. The van der Waals surface area contributed by atoms with E-state index in [-0.39, 0.29) is 49.5 Å². The number of nitrogens with zero attached hydrogens (tertiary/aromatic N) is 1. The van der Waals surface area contributed by atoms with Gasteiger partial charge in [0.05, 0.1) is 19.3 Å². The monoisotopic (exact) mass is 359 g/mol. The number of hydrogen-bond donors (Lipinski definition) is 2. The fourth-order valence-corrected chi connectivity index (χ4v) is 2.28. The fraction of sp³-hybridized carbons (Fsp3) is 0.929. The van der Waals surface area contributed by atoms with Crippen LogP contribution in [0.3, 0.4) is 0 Å². The Hall–Kier alpha value is -0.110. The molecule has 1 aliphatic heterocycles. The molecular formula is C14H31Cl2N3O3. The topological polar surface area (TPSA) is 76.8 Å². The SMILES string of the molecule is COCC(N)C(=O)NC1CCN(CCOC(C)C)CC1.Cl.Cl. The Bertz CT molecular complexity index is 289. The van der Waals surface area contributed by atoms with Crippen molar-refractivity contribution >= 4 is 30.7 Å². The summed E-state index contributed by atoms with van der Waals surface area (Å²) in [5, 5.41) is 3.00. The van der Waals surface area contributed by atoms with E-state index in [1.165, 1.54) is 0 Å². The van der Waals surface area contributed by atoms with E-state index in [0.29, 0.717) is 0 Å². The van der Waals surface area contributed by atoms with Crippen LogP contribution >= 0.6 is 24.8 Å². The summed E-state index contributed by atoms with van der Waals surface area (Å²) in [6.45, 7) is 8.07. The molecule has 1 fully saturated rings. The summed E-state index contributed by atoms with van der Waals surface area (Å²) in [6.07, 6.45) is 2.22. The van der Waals surface area contributed by atoms with Gasteiger partial charge in [-0.05, 0) is 26.7 Å². The Morgan fingerprint density at radius 3 is 2.41 bits per heavy atom. The molecule has 1 aliphatic rings. The van der Waals surface area contributed by atoms with Gasteiger partial charge in [-0.15, -0.1) is 24.8 Å². The van der Waals surface area contributed by atoms with Crippen LogP contribution in [0.4, 0.5) is 0 Å². The number of carbonyl (C=O) groups excluding carboxylic acids is 1. The highest BCUT2D eigenvalue weighted by Gasteiger charge is 2.22. The largest absolute Gasteiger partial charge is 0.383 e. The molecule has 1 atom stereocenters. The second kappa shape index (κ2) is 13.3. The van der Waals surface area contributed by atoms with Crippen molar-refractivity contribution in [1.82, 2.24) is 10.2 Å². The van der Waals surface area contributed by atoms with Crippen molar-refractivity contribution in [3.05, 3.63) is 0 Å². The highest BCUT2D eigenvalue weighted by Crippen LogP contribution is 2.10. The van der Waals surface area contributed by atoms with E-state index in [1.807, 2.05) is 13.8 Å². The highest BCUT2D eigenvalue weighted by molar-refractivity contribution is 5.85. The molecular weight excluding hydrogens is 329 g/mol. The van der Waals surface area contributed by atoms with Crippen LogP contribution in [0, 0.1) is 0 Å². The van der Waals surface area contributed by atoms with Crippen molar-refractivity contribution in [3.8, 4) is 0 Å². The minimum atomic E-state index is -0.572. The van der Waals surface area contributed by atoms with E-state index in [0.717, 1.165) is 39.1 Å². The number of ether oxygens (including phenoxy) is 2. The van der Waals surface area contributed by atoms with E-state index >= 15 is 0 Å². The number of nitrogens with two attached hydrogens (primary N) is 1. The van der Waals surface area contributed by atoms with Crippen molar-refractivity contribution in [1.29, 1.82) is 0 Å². The van der Waals surface area contributed by atoms with Crippen LogP contribution in [0.25, 0.3) is 0 Å². The molecule has 1 amide bonds. The minimum Gasteiger partial charge on any atom is -0.383 e. The Morgan fingerprint density at radius 2 is 1.91 bits per heavy atom. The van der Waals surface area contributed by atoms with Crippen molar-refractivity contribution < 1.29 is 14.3 Å². The molecule has 0 aromatic rings. The van der Waals surface area contributed by atoms with Gasteiger partial charge >= 0.3 is 0 Å². The standard InChI is InChI=1S/C14H29N3O3.2ClH/c1-11(2)20-9-8-17-6-4-12(5-7-17)16-14(18)13(15)10-19-3;;/h11-13H,4-10,15H2,1-3H3,(H,16,18);2*1H. The predicted molar refractivity (Wildman–Crippen MR) is 93.0 cm³/mol. The van der Waals surface area contributed by atoms with Gasteiger partial charge in [0.15, 0.2) is 0 Å². The summed E-state index contributed by atoms with van der Waals surface area (Å²) in [6, 6.07) is -0.342. The zero-order valence-corrected chi connectivity index (χ0v) is 15.4. The average molecular weight is 360 g/mol. The quantitative estimate of drug-likeness (QED) is 0.670. The lowest BCUT2D eigenvalue weighted by molar-refractivity contribution is -0.124. The lowest BCUT2D eigenvalue weighted by atomic mass is 10.0. The molecule has 0 aromatic carbocycles. The number of halogens is 2. The maximum absolute atomic E-state index is 11.8. The van der Waals surface area contributed by atoms with Crippen LogP contribution in [0.2, 0.25) is 0 Å². The second-order valence-corrected chi connectivity index (χ2v) is 5.61. The van der Waals surface area contributed by atoms with Gasteiger partial charge in [0.25, 0.3) is 0 Å². The molecule has 134 valence electrons. The van der Waals surface area contributed by atoms with Crippen molar-refractivity contribution in [3.63, 3.8) is 0 Å². The van der Waals surface area contributed by atoms with Gasteiger partial charge in [-0.1, -0.05) is 0 Å². The van der Waals surface area contributed by atoms with Crippen molar-refractivity contribution in [2.45, 2.75) is 44.9 Å².